The molecule has 0 radical (unpaired) electrons. The van der Waals surface area contributed by atoms with E-state index in [1.54, 1.807) is 18.3 Å². The van der Waals surface area contributed by atoms with Crippen molar-refractivity contribution < 1.29 is 4.79 Å². The first-order valence-electron chi connectivity index (χ1n) is 5.27. The molecule has 0 saturated carbocycles. The lowest BCUT2D eigenvalue weighted by atomic mass is 10.1. The molecule has 0 aliphatic carbocycles. The summed E-state index contributed by atoms with van der Waals surface area (Å²) in [5, 5.41) is 6.26. The molecule has 0 bridgehead atoms. The lowest BCUT2D eigenvalue weighted by molar-refractivity contribution is -0.119. The van der Waals surface area contributed by atoms with Crippen molar-refractivity contribution in [1.82, 2.24) is 10.3 Å². The van der Waals surface area contributed by atoms with E-state index < -0.39 is 0 Å². The van der Waals surface area contributed by atoms with Gasteiger partial charge in [0, 0.05) is 18.7 Å². The van der Waals surface area contributed by atoms with Crippen LogP contribution in [0.25, 0.3) is 0 Å². The fraction of sp³-hybridized carbons (Fsp3) is 0.455. The summed E-state index contributed by atoms with van der Waals surface area (Å²) in [5.41, 5.74) is 0. The minimum absolute atomic E-state index is 0.0819. The van der Waals surface area contributed by atoms with Crippen LogP contribution in [0.1, 0.15) is 13.8 Å². The SMILES string of the molecule is CCNCC(C)C(=O)Nc1ncccc1Cl. The van der Waals surface area contributed by atoms with E-state index in [-0.39, 0.29) is 11.8 Å². The monoisotopic (exact) mass is 241 g/mol. The van der Waals surface area contributed by atoms with Gasteiger partial charge in [0.1, 0.15) is 0 Å². The molecule has 2 N–H and O–H groups in total. The molecular formula is C11H16ClN3O. The Morgan fingerprint density at radius 1 is 1.62 bits per heavy atom. The standard InChI is InChI=1S/C11H16ClN3O/c1-3-13-7-8(2)11(16)15-10-9(12)5-4-6-14-10/h4-6,8,13H,3,7H2,1-2H3,(H,14,15,16). The number of carbonyl (C=O) groups is 1. The van der Waals surface area contributed by atoms with Crippen molar-refractivity contribution >= 4 is 23.3 Å². The molecule has 0 saturated heterocycles. The van der Waals surface area contributed by atoms with Crippen LogP contribution in [0.3, 0.4) is 0 Å². The zero-order chi connectivity index (χ0) is 12.0. The summed E-state index contributed by atoms with van der Waals surface area (Å²) >= 11 is 5.88. The van der Waals surface area contributed by atoms with Gasteiger partial charge < -0.3 is 10.6 Å². The van der Waals surface area contributed by atoms with Crippen molar-refractivity contribution in [2.45, 2.75) is 13.8 Å². The van der Waals surface area contributed by atoms with Crippen molar-refractivity contribution in [2.24, 2.45) is 5.92 Å². The molecule has 0 aliphatic rings. The van der Waals surface area contributed by atoms with Crippen molar-refractivity contribution in [3.8, 4) is 0 Å². The quantitative estimate of drug-likeness (QED) is 0.828. The molecule has 1 heterocycles. The third-order valence-corrected chi connectivity index (χ3v) is 2.45. The van der Waals surface area contributed by atoms with Crippen LogP contribution < -0.4 is 10.6 Å². The van der Waals surface area contributed by atoms with Crippen LogP contribution in [0.5, 0.6) is 0 Å². The molecular weight excluding hydrogens is 226 g/mol. The number of hydrogen-bond donors (Lipinski definition) is 2. The number of anilines is 1. The smallest absolute Gasteiger partial charge is 0.229 e. The molecule has 5 heteroatoms. The molecule has 1 unspecified atom stereocenters. The lowest BCUT2D eigenvalue weighted by Crippen LogP contribution is -2.30. The van der Waals surface area contributed by atoms with Crippen LogP contribution in [0, 0.1) is 5.92 Å². The summed E-state index contributed by atoms with van der Waals surface area (Å²) in [6, 6.07) is 3.42. The summed E-state index contributed by atoms with van der Waals surface area (Å²) in [6.07, 6.45) is 1.59. The van der Waals surface area contributed by atoms with Crippen LogP contribution in [0.4, 0.5) is 5.82 Å². The minimum Gasteiger partial charge on any atom is -0.316 e. The summed E-state index contributed by atoms with van der Waals surface area (Å²) in [4.78, 5) is 15.7. The van der Waals surface area contributed by atoms with Gasteiger partial charge in [0.15, 0.2) is 5.82 Å². The number of aromatic nitrogens is 1. The van der Waals surface area contributed by atoms with Crippen LogP contribution in [-0.4, -0.2) is 24.0 Å². The molecule has 1 rings (SSSR count). The maximum atomic E-state index is 11.7. The van der Waals surface area contributed by atoms with Crippen molar-refractivity contribution in [3.63, 3.8) is 0 Å². The number of rotatable bonds is 5. The highest BCUT2D eigenvalue weighted by Crippen LogP contribution is 2.17. The predicted octanol–water partition coefficient (Wildman–Crippen LogP) is 1.92. The van der Waals surface area contributed by atoms with Gasteiger partial charge in [0.05, 0.1) is 5.02 Å². The number of nitrogens with one attached hydrogen (secondary N) is 2. The van der Waals surface area contributed by atoms with E-state index in [9.17, 15) is 4.79 Å². The summed E-state index contributed by atoms with van der Waals surface area (Å²) < 4.78 is 0. The van der Waals surface area contributed by atoms with Crippen molar-refractivity contribution in [2.75, 3.05) is 18.4 Å². The van der Waals surface area contributed by atoms with E-state index in [1.165, 1.54) is 0 Å². The maximum Gasteiger partial charge on any atom is 0.229 e. The predicted molar refractivity (Wildman–Crippen MR) is 65.6 cm³/mol. The van der Waals surface area contributed by atoms with Crippen LogP contribution in [0.15, 0.2) is 18.3 Å². The molecule has 0 aromatic carbocycles. The van der Waals surface area contributed by atoms with Gasteiger partial charge in [-0.15, -0.1) is 0 Å². The molecule has 16 heavy (non-hydrogen) atoms. The molecule has 1 amide bonds. The highest BCUT2D eigenvalue weighted by Gasteiger charge is 2.13. The Bertz CT molecular complexity index is 357. The molecule has 1 aromatic rings. The van der Waals surface area contributed by atoms with Crippen LogP contribution in [-0.2, 0) is 4.79 Å². The summed E-state index contributed by atoms with van der Waals surface area (Å²) in [6.45, 7) is 5.35. The van der Waals surface area contributed by atoms with Crippen molar-refractivity contribution in [1.29, 1.82) is 0 Å². The van der Waals surface area contributed by atoms with E-state index in [1.807, 2.05) is 13.8 Å². The Balaban J connectivity index is 2.54. The molecule has 88 valence electrons. The Hall–Kier alpha value is -1.13. The second-order valence-electron chi connectivity index (χ2n) is 3.53. The number of amides is 1. The topological polar surface area (TPSA) is 54.0 Å². The molecule has 4 nitrogen and oxygen atoms in total. The average molecular weight is 242 g/mol. The number of pyridine rings is 1. The number of hydrogen-bond acceptors (Lipinski definition) is 3. The van der Waals surface area contributed by atoms with Gasteiger partial charge in [0.2, 0.25) is 5.91 Å². The number of carbonyl (C=O) groups excluding carboxylic acids is 1. The van der Waals surface area contributed by atoms with E-state index in [0.717, 1.165) is 6.54 Å². The van der Waals surface area contributed by atoms with Gasteiger partial charge >= 0.3 is 0 Å². The van der Waals surface area contributed by atoms with Gasteiger partial charge in [-0.2, -0.15) is 0 Å². The van der Waals surface area contributed by atoms with Gasteiger partial charge in [-0.3, -0.25) is 4.79 Å². The Morgan fingerprint density at radius 3 is 3.00 bits per heavy atom. The van der Waals surface area contributed by atoms with Gasteiger partial charge in [-0.05, 0) is 18.7 Å². The molecule has 0 spiro atoms. The van der Waals surface area contributed by atoms with E-state index >= 15 is 0 Å². The maximum absolute atomic E-state index is 11.7. The Morgan fingerprint density at radius 2 is 2.38 bits per heavy atom. The van der Waals surface area contributed by atoms with E-state index in [2.05, 4.69) is 15.6 Å². The highest BCUT2D eigenvalue weighted by molar-refractivity contribution is 6.33. The van der Waals surface area contributed by atoms with Crippen LogP contribution >= 0.6 is 11.6 Å². The second kappa shape index (κ2) is 6.45. The summed E-state index contributed by atoms with van der Waals surface area (Å²) in [5.74, 6) is 0.220. The number of nitrogens with zero attached hydrogens (tertiary/aromatic N) is 1. The molecule has 1 atom stereocenters. The normalized spacial score (nSPS) is 12.2. The molecule has 0 fully saturated rings. The molecule has 1 aromatic heterocycles. The van der Waals surface area contributed by atoms with E-state index in [0.29, 0.717) is 17.4 Å². The zero-order valence-electron chi connectivity index (χ0n) is 9.46. The minimum atomic E-state index is -0.113. The van der Waals surface area contributed by atoms with Gasteiger partial charge in [0.25, 0.3) is 0 Å². The van der Waals surface area contributed by atoms with Gasteiger partial charge in [-0.25, -0.2) is 4.98 Å². The zero-order valence-corrected chi connectivity index (χ0v) is 10.2. The third kappa shape index (κ3) is 3.79. The summed E-state index contributed by atoms with van der Waals surface area (Å²) in [7, 11) is 0. The highest BCUT2D eigenvalue weighted by atomic mass is 35.5. The average Bonchev–Trinajstić information content (AvgIpc) is 2.28. The Labute approximate surface area is 100 Å². The fourth-order valence-electron chi connectivity index (χ4n) is 1.17. The Kier molecular flexibility index (Phi) is 5.22. The largest absolute Gasteiger partial charge is 0.316 e. The van der Waals surface area contributed by atoms with Crippen molar-refractivity contribution in [3.05, 3.63) is 23.4 Å². The van der Waals surface area contributed by atoms with Gasteiger partial charge in [-0.1, -0.05) is 25.4 Å². The first-order valence-corrected chi connectivity index (χ1v) is 5.65. The third-order valence-electron chi connectivity index (χ3n) is 2.15. The first-order chi connectivity index (χ1) is 7.65. The lowest BCUT2D eigenvalue weighted by Gasteiger charge is -2.12. The van der Waals surface area contributed by atoms with E-state index in [4.69, 9.17) is 11.6 Å². The molecule has 0 aliphatic heterocycles. The first kappa shape index (κ1) is 12.9. The van der Waals surface area contributed by atoms with Crippen LogP contribution in [0.2, 0.25) is 5.02 Å². The second-order valence-corrected chi connectivity index (χ2v) is 3.94. The fourth-order valence-corrected chi connectivity index (χ4v) is 1.34. The number of halogens is 1.